The van der Waals surface area contributed by atoms with Crippen LogP contribution in [-0.2, 0) is 17.7 Å². The smallest absolute Gasteiger partial charge is 0.132 e. The molecule has 1 fully saturated rings. The van der Waals surface area contributed by atoms with E-state index in [-0.39, 0.29) is 0 Å². The second-order valence-electron chi connectivity index (χ2n) is 6.18. The van der Waals surface area contributed by atoms with Crippen LogP contribution in [0.25, 0.3) is 5.69 Å². The van der Waals surface area contributed by atoms with E-state index in [1.807, 2.05) is 35.0 Å². The molecule has 1 atom stereocenters. The second-order valence-corrected chi connectivity index (χ2v) is 6.18. The van der Waals surface area contributed by atoms with Gasteiger partial charge in [0.1, 0.15) is 5.82 Å². The number of fused-ring (bicyclic) bond motifs is 1. The highest BCUT2D eigenvalue weighted by molar-refractivity contribution is 5.50. The fraction of sp³-hybridized carbons (Fsp3) is 0.471. The number of ether oxygens (including phenoxy) is 1. The van der Waals surface area contributed by atoms with Crippen molar-refractivity contribution in [2.24, 2.45) is 0 Å². The number of para-hydroxylation sites is 1. The summed E-state index contributed by atoms with van der Waals surface area (Å²) in [4.78, 5) is 2.45. The van der Waals surface area contributed by atoms with Crippen LogP contribution >= 0.6 is 0 Å². The molecule has 0 spiro atoms. The van der Waals surface area contributed by atoms with Crippen LogP contribution in [0.5, 0.6) is 0 Å². The van der Waals surface area contributed by atoms with Crippen LogP contribution in [0.15, 0.2) is 30.3 Å². The molecule has 1 aromatic carbocycles. The SMILES string of the molecule is Nc1c2c(nn1-c1ccccc1)CCN(CC1CCCO1)C2. The third-order valence-electron chi connectivity index (χ3n) is 4.64. The minimum absolute atomic E-state index is 0.395. The summed E-state index contributed by atoms with van der Waals surface area (Å²) in [6.07, 6.45) is 3.73. The van der Waals surface area contributed by atoms with Crippen LogP contribution in [-0.4, -0.2) is 40.5 Å². The molecule has 1 unspecified atom stereocenters. The number of nitrogens with two attached hydrogens (primary N) is 1. The minimum Gasteiger partial charge on any atom is -0.383 e. The Kier molecular flexibility index (Phi) is 3.60. The molecule has 2 aliphatic heterocycles. The third-order valence-corrected chi connectivity index (χ3v) is 4.64. The van der Waals surface area contributed by atoms with E-state index in [1.165, 1.54) is 18.4 Å². The normalized spacial score (nSPS) is 21.9. The van der Waals surface area contributed by atoms with Gasteiger partial charge in [0.15, 0.2) is 0 Å². The van der Waals surface area contributed by atoms with Gasteiger partial charge in [-0.25, -0.2) is 4.68 Å². The Hall–Kier alpha value is -1.85. The highest BCUT2D eigenvalue weighted by atomic mass is 16.5. The van der Waals surface area contributed by atoms with Gasteiger partial charge in [-0.3, -0.25) is 4.90 Å². The van der Waals surface area contributed by atoms with Crippen LogP contribution in [0.2, 0.25) is 0 Å². The molecule has 1 aromatic heterocycles. The lowest BCUT2D eigenvalue weighted by Gasteiger charge is -2.28. The van der Waals surface area contributed by atoms with E-state index in [1.54, 1.807) is 0 Å². The standard InChI is InChI=1S/C17H22N4O/c18-17-15-12-20(11-14-7-4-10-22-14)9-8-16(15)19-21(17)13-5-2-1-3-6-13/h1-3,5-6,14H,4,7-12,18H2. The van der Waals surface area contributed by atoms with Gasteiger partial charge in [0.2, 0.25) is 0 Å². The van der Waals surface area contributed by atoms with Crippen molar-refractivity contribution in [1.82, 2.24) is 14.7 Å². The first-order valence-electron chi connectivity index (χ1n) is 8.07. The molecular weight excluding hydrogens is 276 g/mol. The largest absolute Gasteiger partial charge is 0.383 e. The topological polar surface area (TPSA) is 56.3 Å². The van der Waals surface area contributed by atoms with Crippen LogP contribution in [0.1, 0.15) is 24.1 Å². The zero-order valence-electron chi connectivity index (χ0n) is 12.7. The molecule has 0 aliphatic carbocycles. The Morgan fingerprint density at radius 3 is 2.91 bits per heavy atom. The first kappa shape index (κ1) is 13.8. The fourth-order valence-electron chi connectivity index (χ4n) is 3.45. The molecule has 116 valence electrons. The van der Waals surface area contributed by atoms with Crippen LogP contribution in [0.3, 0.4) is 0 Å². The molecule has 2 aromatic rings. The number of aromatic nitrogens is 2. The van der Waals surface area contributed by atoms with Crippen molar-refractivity contribution in [1.29, 1.82) is 0 Å². The zero-order chi connectivity index (χ0) is 14.9. The predicted molar refractivity (Wildman–Crippen MR) is 85.9 cm³/mol. The minimum atomic E-state index is 0.395. The molecule has 0 radical (unpaired) electrons. The van der Waals surface area contributed by atoms with Gasteiger partial charge in [-0.15, -0.1) is 0 Å². The van der Waals surface area contributed by atoms with Crippen molar-refractivity contribution in [2.75, 3.05) is 25.4 Å². The summed E-state index contributed by atoms with van der Waals surface area (Å²) in [5.41, 5.74) is 9.73. The summed E-state index contributed by atoms with van der Waals surface area (Å²) in [6.45, 7) is 3.85. The van der Waals surface area contributed by atoms with Gasteiger partial charge >= 0.3 is 0 Å². The quantitative estimate of drug-likeness (QED) is 0.941. The van der Waals surface area contributed by atoms with Gasteiger partial charge in [0.05, 0.1) is 17.5 Å². The van der Waals surface area contributed by atoms with Crippen LogP contribution in [0.4, 0.5) is 5.82 Å². The molecule has 0 saturated carbocycles. The molecule has 3 heterocycles. The average molecular weight is 298 g/mol. The molecule has 5 nitrogen and oxygen atoms in total. The van der Waals surface area contributed by atoms with Crippen molar-refractivity contribution < 1.29 is 4.74 Å². The van der Waals surface area contributed by atoms with Crippen LogP contribution in [0, 0.1) is 0 Å². The molecule has 4 rings (SSSR count). The number of nitrogen functional groups attached to an aromatic ring is 1. The molecule has 0 amide bonds. The first-order chi connectivity index (χ1) is 10.8. The van der Waals surface area contributed by atoms with Gasteiger partial charge in [0.25, 0.3) is 0 Å². The summed E-state index contributed by atoms with van der Waals surface area (Å²) in [7, 11) is 0. The van der Waals surface area contributed by atoms with E-state index in [0.29, 0.717) is 6.10 Å². The fourth-order valence-corrected chi connectivity index (χ4v) is 3.45. The molecule has 0 bridgehead atoms. The lowest BCUT2D eigenvalue weighted by atomic mass is 10.1. The van der Waals surface area contributed by atoms with E-state index in [9.17, 15) is 0 Å². The molecule has 2 aliphatic rings. The van der Waals surface area contributed by atoms with E-state index < -0.39 is 0 Å². The first-order valence-corrected chi connectivity index (χ1v) is 8.07. The zero-order valence-corrected chi connectivity index (χ0v) is 12.7. The number of rotatable bonds is 3. The van der Waals surface area contributed by atoms with Gasteiger partial charge < -0.3 is 10.5 Å². The summed E-state index contributed by atoms with van der Waals surface area (Å²) < 4.78 is 7.63. The summed E-state index contributed by atoms with van der Waals surface area (Å²) in [5, 5.41) is 4.72. The Balaban J connectivity index is 1.55. The monoisotopic (exact) mass is 298 g/mol. The Morgan fingerprint density at radius 2 is 2.14 bits per heavy atom. The van der Waals surface area contributed by atoms with Crippen molar-refractivity contribution in [3.63, 3.8) is 0 Å². The maximum atomic E-state index is 6.37. The predicted octanol–water partition coefficient (Wildman–Crippen LogP) is 1.99. The molecule has 1 saturated heterocycles. The number of hydrogen-bond donors (Lipinski definition) is 1. The lowest BCUT2D eigenvalue weighted by molar-refractivity contribution is 0.0688. The van der Waals surface area contributed by atoms with Crippen molar-refractivity contribution in [2.45, 2.75) is 31.9 Å². The van der Waals surface area contributed by atoms with E-state index in [2.05, 4.69) is 4.90 Å². The average Bonchev–Trinajstić information content (AvgIpc) is 3.17. The Labute approximate surface area is 130 Å². The van der Waals surface area contributed by atoms with Gasteiger partial charge in [0, 0.05) is 38.2 Å². The molecule has 22 heavy (non-hydrogen) atoms. The lowest BCUT2D eigenvalue weighted by Crippen LogP contribution is -2.36. The number of hydrogen-bond acceptors (Lipinski definition) is 4. The van der Waals surface area contributed by atoms with Gasteiger partial charge in [-0.1, -0.05) is 18.2 Å². The Bertz CT molecular complexity index is 646. The van der Waals surface area contributed by atoms with Crippen molar-refractivity contribution in [3.05, 3.63) is 41.6 Å². The van der Waals surface area contributed by atoms with E-state index in [0.717, 1.165) is 49.9 Å². The highest BCUT2D eigenvalue weighted by Gasteiger charge is 2.26. The molecular formula is C17H22N4O. The highest BCUT2D eigenvalue weighted by Crippen LogP contribution is 2.27. The van der Waals surface area contributed by atoms with E-state index in [4.69, 9.17) is 15.6 Å². The summed E-state index contributed by atoms with van der Waals surface area (Å²) in [5.74, 6) is 0.776. The molecule has 2 N–H and O–H groups in total. The molecule has 5 heteroatoms. The van der Waals surface area contributed by atoms with Crippen molar-refractivity contribution in [3.8, 4) is 5.69 Å². The number of nitrogens with zero attached hydrogens (tertiary/aromatic N) is 3. The van der Waals surface area contributed by atoms with Gasteiger partial charge in [-0.2, -0.15) is 5.10 Å². The number of anilines is 1. The second kappa shape index (κ2) is 5.74. The van der Waals surface area contributed by atoms with Crippen LogP contribution < -0.4 is 5.73 Å². The van der Waals surface area contributed by atoms with Gasteiger partial charge in [-0.05, 0) is 25.0 Å². The summed E-state index contributed by atoms with van der Waals surface area (Å²) in [6, 6.07) is 10.1. The maximum absolute atomic E-state index is 6.37. The number of benzene rings is 1. The third kappa shape index (κ3) is 2.51. The Morgan fingerprint density at radius 1 is 1.27 bits per heavy atom. The van der Waals surface area contributed by atoms with Crippen molar-refractivity contribution >= 4 is 5.82 Å². The maximum Gasteiger partial charge on any atom is 0.132 e. The van der Waals surface area contributed by atoms with E-state index >= 15 is 0 Å². The summed E-state index contributed by atoms with van der Waals surface area (Å²) >= 11 is 0.